The van der Waals surface area contributed by atoms with Gasteiger partial charge in [-0.15, -0.1) is 0 Å². The van der Waals surface area contributed by atoms with E-state index < -0.39 is 18.1 Å². The highest BCUT2D eigenvalue weighted by molar-refractivity contribution is 5.70. The van der Waals surface area contributed by atoms with Crippen molar-refractivity contribution in [3.63, 3.8) is 0 Å². The molecule has 2 atom stereocenters. The SMILES string of the molecule is CCCC/C=C\C/C=C\CCCCCCCC(=O)OC(COCCC(C(=O)[O-])[N+](C)(C)C)COC(=O)CCCCCCCCCCCCCCCCCCCCCCCCC. The topological polar surface area (TPSA) is 102 Å². The first kappa shape index (κ1) is 58.8. The molecule has 8 nitrogen and oxygen atoms in total. The van der Waals surface area contributed by atoms with Crippen LogP contribution < -0.4 is 5.11 Å². The van der Waals surface area contributed by atoms with Crippen LogP contribution in [0.1, 0.15) is 245 Å². The van der Waals surface area contributed by atoms with Gasteiger partial charge >= 0.3 is 11.9 Å². The molecule has 0 aliphatic rings. The van der Waals surface area contributed by atoms with Gasteiger partial charge in [0.05, 0.1) is 40.3 Å². The molecule has 0 amide bonds. The van der Waals surface area contributed by atoms with E-state index in [0.29, 0.717) is 12.8 Å². The predicted octanol–water partition coefficient (Wildman–Crippen LogP) is 13.5. The van der Waals surface area contributed by atoms with E-state index in [0.717, 1.165) is 64.2 Å². The van der Waals surface area contributed by atoms with Gasteiger partial charge in [0.15, 0.2) is 6.10 Å². The quantitative estimate of drug-likeness (QED) is 0.0260. The van der Waals surface area contributed by atoms with E-state index in [1.54, 1.807) is 21.1 Å². The molecule has 8 heteroatoms. The number of esters is 2. The second kappa shape index (κ2) is 44.4. The fourth-order valence-electron chi connectivity index (χ4n) is 7.80. The van der Waals surface area contributed by atoms with Gasteiger partial charge in [0.1, 0.15) is 12.6 Å². The Hall–Kier alpha value is -2.19. The van der Waals surface area contributed by atoms with Gasteiger partial charge in [-0.05, 0) is 38.5 Å². The van der Waals surface area contributed by atoms with E-state index in [1.807, 2.05) is 0 Å². The van der Waals surface area contributed by atoms with Crippen LogP contribution in [-0.2, 0) is 28.6 Å². The number of rotatable bonds is 47. The van der Waals surface area contributed by atoms with Crippen molar-refractivity contribution in [3.05, 3.63) is 24.3 Å². The van der Waals surface area contributed by atoms with Crippen LogP contribution in [0.25, 0.3) is 0 Å². The van der Waals surface area contributed by atoms with Gasteiger partial charge in [-0.2, -0.15) is 0 Å². The number of hydrogen-bond acceptors (Lipinski definition) is 7. The molecular formula is C53H99NO7. The molecule has 0 aromatic carbocycles. The lowest BCUT2D eigenvalue weighted by Crippen LogP contribution is -2.55. The molecule has 0 rings (SSSR count). The summed E-state index contributed by atoms with van der Waals surface area (Å²) in [5.41, 5.74) is 0. The van der Waals surface area contributed by atoms with Gasteiger partial charge < -0.3 is 28.6 Å². The number of ether oxygens (including phenoxy) is 3. The fraction of sp³-hybridized carbons (Fsp3) is 0.868. The van der Waals surface area contributed by atoms with Crippen LogP contribution in [0.5, 0.6) is 0 Å². The Labute approximate surface area is 377 Å². The lowest BCUT2D eigenvalue weighted by Gasteiger charge is -2.34. The van der Waals surface area contributed by atoms with Gasteiger partial charge in [-0.3, -0.25) is 9.59 Å². The fourth-order valence-corrected chi connectivity index (χ4v) is 7.80. The van der Waals surface area contributed by atoms with Crippen molar-refractivity contribution in [2.75, 3.05) is 41.0 Å². The summed E-state index contributed by atoms with van der Waals surface area (Å²) in [6.07, 6.45) is 50.7. The molecule has 0 saturated heterocycles. The zero-order chi connectivity index (χ0) is 44.9. The van der Waals surface area contributed by atoms with Crippen molar-refractivity contribution >= 4 is 17.9 Å². The average molecular weight is 862 g/mol. The Bertz CT molecular complexity index is 1050. The predicted molar refractivity (Wildman–Crippen MR) is 254 cm³/mol. The third kappa shape index (κ3) is 42.9. The number of carbonyl (C=O) groups excluding carboxylic acids is 3. The summed E-state index contributed by atoms with van der Waals surface area (Å²) in [6, 6.07) is -0.726. The highest BCUT2D eigenvalue weighted by Crippen LogP contribution is 2.17. The number of quaternary nitrogens is 1. The number of hydrogen-bond donors (Lipinski definition) is 0. The van der Waals surface area contributed by atoms with Crippen LogP contribution in [-0.4, -0.2) is 75.5 Å². The van der Waals surface area contributed by atoms with Gasteiger partial charge in [-0.1, -0.05) is 212 Å². The van der Waals surface area contributed by atoms with Crippen molar-refractivity contribution in [1.29, 1.82) is 0 Å². The molecule has 0 N–H and O–H groups in total. The molecule has 0 aliphatic heterocycles. The Morgan fingerprint density at radius 2 is 0.885 bits per heavy atom. The minimum atomic E-state index is -1.12. The van der Waals surface area contributed by atoms with Crippen LogP contribution in [0.15, 0.2) is 24.3 Å². The summed E-state index contributed by atoms with van der Waals surface area (Å²) in [5, 5.41) is 11.6. The second-order valence-corrected chi connectivity index (χ2v) is 18.8. The zero-order valence-electron chi connectivity index (χ0n) is 40.8. The molecule has 0 heterocycles. The van der Waals surface area contributed by atoms with Crippen molar-refractivity contribution in [2.24, 2.45) is 0 Å². The van der Waals surface area contributed by atoms with E-state index in [2.05, 4.69) is 38.2 Å². The number of carbonyl (C=O) groups is 3. The molecule has 0 saturated carbocycles. The molecule has 61 heavy (non-hydrogen) atoms. The molecule has 0 fully saturated rings. The Morgan fingerprint density at radius 3 is 1.31 bits per heavy atom. The largest absolute Gasteiger partial charge is 0.544 e. The van der Waals surface area contributed by atoms with Gasteiger partial charge in [0.25, 0.3) is 0 Å². The molecule has 0 radical (unpaired) electrons. The highest BCUT2D eigenvalue weighted by Gasteiger charge is 2.25. The number of unbranched alkanes of at least 4 members (excludes halogenated alkanes) is 29. The number of allylic oxidation sites excluding steroid dienone is 4. The normalized spacial score (nSPS) is 13.0. The highest BCUT2D eigenvalue weighted by atomic mass is 16.6. The van der Waals surface area contributed by atoms with Crippen molar-refractivity contribution < 1.29 is 38.2 Å². The molecule has 0 aromatic heterocycles. The van der Waals surface area contributed by atoms with Gasteiger partial charge in [0, 0.05) is 19.3 Å². The maximum Gasteiger partial charge on any atom is 0.306 e. The second-order valence-electron chi connectivity index (χ2n) is 18.8. The summed E-state index contributed by atoms with van der Waals surface area (Å²) in [5.74, 6) is -1.74. The first-order chi connectivity index (χ1) is 29.6. The molecule has 0 spiro atoms. The number of carboxylic acid groups (broad SMARTS) is 1. The maximum atomic E-state index is 12.7. The van der Waals surface area contributed by atoms with Gasteiger partial charge in [-0.25, -0.2) is 0 Å². The molecule has 358 valence electrons. The summed E-state index contributed by atoms with van der Waals surface area (Å²) >= 11 is 0. The van der Waals surface area contributed by atoms with E-state index >= 15 is 0 Å². The summed E-state index contributed by atoms with van der Waals surface area (Å²) in [7, 11) is 5.42. The Kier molecular flexibility index (Phi) is 42.8. The lowest BCUT2D eigenvalue weighted by molar-refractivity contribution is -0.889. The Balaban J connectivity index is 4.15. The number of likely N-dealkylation sites (N-methyl/N-ethyl adjacent to an activating group) is 1. The van der Waals surface area contributed by atoms with Crippen LogP contribution in [0.2, 0.25) is 0 Å². The summed E-state index contributed by atoms with van der Waals surface area (Å²) in [6.45, 7) is 4.64. The smallest absolute Gasteiger partial charge is 0.306 e. The molecule has 2 unspecified atom stereocenters. The Morgan fingerprint density at radius 1 is 0.492 bits per heavy atom. The standard InChI is InChI=1S/C53H99NO7/c1-6-8-10-12-14-16-18-20-22-23-24-25-26-27-28-29-30-32-33-35-37-39-41-43-51(55)60-48-49(47-59-46-45-50(53(57)58)54(3,4)5)61-52(56)44-42-40-38-36-34-31-21-19-17-15-13-11-9-7-2/h13,15,19,21,49-50H,6-12,14,16-18,20,22-48H2,1-5H3/b15-13-,21-19-. The first-order valence-corrected chi connectivity index (χ1v) is 25.9. The monoisotopic (exact) mass is 862 g/mol. The number of nitrogens with zero attached hydrogens (tertiary/aromatic N) is 1. The minimum Gasteiger partial charge on any atom is -0.544 e. The van der Waals surface area contributed by atoms with Crippen molar-refractivity contribution in [2.45, 2.75) is 257 Å². The minimum absolute atomic E-state index is 0.0391. The third-order valence-electron chi connectivity index (χ3n) is 11.8. The van der Waals surface area contributed by atoms with Crippen LogP contribution in [0.3, 0.4) is 0 Å². The zero-order valence-corrected chi connectivity index (χ0v) is 40.8. The number of carboxylic acids is 1. The molecular weight excluding hydrogens is 763 g/mol. The van der Waals surface area contributed by atoms with Crippen molar-refractivity contribution in [1.82, 2.24) is 0 Å². The molecule has 0 bridgehead atoms. The van der Waals surface area contributed by atoms with E-state index in [9.17, 15) is 19.5 Å². The first-order valence-electron chi connectivity index (χ1n) is 25.9. The molecule has 0 aliphatic carbocycles. The van der Waals surface area contributed by atoms with E-state index in [4.69, 9.17) is 14.2 Å². The van der Waals surface area contributed by atoms with Crippen LogP contribution in [0, 0.1) is 0 Å². The van der Waals surface area contributed by atoms with Crippen LogP contribution in [0.4, 0.5) is 0 Å². The van der Waals surface area contributed by atoms with Crippen LogP contribution >= 0.6 is 0 Å². The maximum absolute atomic E-state index is 12.7. The summed E-state index contributed by atoms with van der Waals surface area (Å²) < 4.78 is 17.2. The van der Waals surface area contributed by atoms with E-state index in [1.165, 1.54) is 148 Å². The third-order valence-corrected chi connectivity index (χ3v) is 11.8. The summed E-state index contributed by atoms with van der Waals surface area (Å²) in [4.78, 5) is 37.0. The molecule has 0 aromatic rings. The lowest BCUT2D eigenvalue weighted by atomic mass is 10.0. The number of aliphatic carboxylic acids is 1. The van der Waals surface area contributed by atoms with Crippen molar-refractivity contribution in [3.8, 4) is 0 Å². The van der Waals surface area contributed by atoms with E-state index in [-0.39, 0.29) is 42.7 Å². The van der Waals surface area contributed by atoms with Gasteiger partial charge in [0.2, 0.25) is 0 Å². The average Bonchev–Trinajstić information content (AvgIpc) is 3.22.